The fraction of sp³-hybridized carbons (Fsp3) is 0.917. The van der Waals surface area contributed by atoms with E-state index in [0.29, 0.717) is 11.3 Å². The van der Waals surface area contributed by atoms with Crippen molar-refractivity contribution in [3.63, 3.8) is 0 Å². The first kappa shape index (κ1) is 12.5. The average Bonchev–Trinajstić information content (AvgIpc) is 2.63. The van der Waals surface area contributed by atoms with Crippen LogP contribution in [0.15, 0.2) is 0 Å². The van der Waals surface area contributed by atoms with Crippen molar-refractivity contribution in [3.8, 4) is 0 Å². The molecule has 5 heteroatoms. The van der Waals surface area contributed by atoms with E-state index in [0.717, 1.165) is 12.2 Å². The summed E-state index contributed by atoms with van der Waals surface area (Å²) in [5, 5.41) is 12.1. The van der Waals surface area contributed by atoms with Crippen molar-refractivity contribution < 1.29 is 0 Å². The fourth-order valence-electron chi connectivity index (χ4n) is 3.07. The molecule has 0 radical (unpaired) electrons. The van der Waals surface area contributed by atoms with Crippen LogP contribution in [0.25, 0.3) is 0 Å². The van der Waals surface area contributed by atoms with Crippen LogP contribution in [-0.2, 0) is 13.5 Å². The highest BCUT2D eigenvalue weighted by Gasteiger charge is 2.36. The molecule has 2 atom stereocenters. The Balaban J connectivity index is 2.01. The van der Waals surface area contributed by atoms with Gasteiger partial charge in [-0.15, -0.1) is 10.2 Å². The van der Waals surface area contributed by atoms with Crippen LogP contribution in [0.2, 0.25) is 0 Å². The fourth-order valence-corrected chi connectivity index (χ4v) is 3.07. The molecule has 0 aromatic carbocycles. The minimum absolute atomic E-state index is 0.148. The second-order valence-corrected chi connectivity index (χ2v) is 5.90. The van der Waals surface area contributed by atoms with E-state index in [4.69, 9.17) is 5.73 Å². The first-order valence-corrected chi connectivity index (χ1v) is 6.47. The first-order valence-electron chi connectivity index (χ1n) is 6.47. The summed E-state index contributed by atoms with van der Waals surface area (Å²) in [6.07, 6.45) is 5.88. The number of hydrogen-bond donors (Lipinski definition) is 1. The lowest BCUT2D eigenvalue weighted by molar-refractivity contribution is 0.112. The summed E-state index contributed by atoms with van der Waals surface area (Å²) in [5.74, 6) is 1.33. The molecule has 17 heavy (non-hydrogen) atoms. The molecule has 1 aliphatic carbocycles. The lowest BCUT2D eigenvalue weighted by atomic mass is 9.65. The summed E-state index contributed by atoms with van der Waals surface area (Å²) in [6, 6.07) is 0.148. The number of nitrogens with two attached hydrogens (primary N) is 1. The average molecular weight is 237 g/mol. The smallest absolute Gasteiger partial charge is 0.176 e. The van der Waals surface area contributed by atoms with Gasteiger partial charge in [-0.25, -0.2) is 0 Å². The maximum absolute atomic E-state index is 6.35. The summed E-state index contributed by atoms with van der Waals surface area (Å²) in [7, 11) is 1.78. The second kappa shape index (κ2) is 4.72. The summed E-state index contributed by atoms with van der Waals surface area (Å²) in [4.78, 5) is 1.49. The molecule has 1 fully saturated rings. The Morgan fingerprint density at radius 1 is 1.47 bits per heavy atom. The zero-order valence-corrected chi connectivity index (χ0v) is 11.1. The van der Waals surface area contributed by atoms with E-state index in [9.17, 15) is 0 Å². The maximum Gasteiger partial charge on any atom is 0.176 e. The van der Waals surface area contributed by atoms with Crippen LogP contribution in [-0.4, -0.2) is 26.2 Å². The molecule has 2 unspecified atom stereocenters. The highest BCUT2D eigenvalue weighted by molar-refractivity contribution is 4.93. The minimum Gasteiger partial charge on any atom is -0.327 e. The van der Waals surface area contributed by atoms with Crippen LogP contribution in [0.1, 0.15) is 45.4 Å². The summed E-state index contributed by atoms with van der Waals surface area (Å²) < 4.78 is 0. The first-order chi connectivity index (χ1) is 7.99. The molecule has 5 nitrogen and oxygen atoms in total. The molecule has 1 aromatic rings. The highest BCUT2D eigenvalue weighted by atomic mass is 15.6. The van der Waals surface area contributed by atoms with E-state index >= 15 is 0 Å². The van der Waals surface area contributed by atoms with Crippen molar-refractivity contribution >= 4 is 0 Å². The number of nitrogens with zero attached hydrogens (tertiary/aromatic N) is 4. The molecular formula is C12H23N5. The molecule has 0 amide bonds. The third kappa shape index (κ3) is 2.83. The topological polar surface area (TPSA) is 69.6 Å². The van der Waals surface area contributed by atoms with Crippen LogP contribution in [0.3, 0.4) is 0 Å². The molecule has 0 bridgehead atoms. The summed E-state index contributed by atoms with van der Waals surface area (Å²) in [6.45, 7) is 4.67. The van der Waals surface area contributed by atoms with Crippen molar-refractivity contribution in [1.29, 1.82) is 0 Å². The molecule has 96 valence electrons. The SMILES string of the molecule is Cn1nnc(CC(N)C2CCCCC2(C)C)n1. The van der Waals surface area contributed by atoms with Gasteiger partial charge in [-0.05, 0) is 29.4 Å². The van der Waals surface area contributed by atoms with Gasteiger partial charge in [0.25, 0.3) is 0 Å². The highest BCUT2D eigenvalue weighted by Crippen LogP contribution is 2.42. The van der Waals surface area contributed by atoms with E-state index in [1.807, 2.05) is 0 Å². The second-order valence-electron chi connectivity index (χ2n) is 5.90. The van der Waals surface area contributed by atoms with Gasteiger partial charge in [0.05, 0.1) is 7.05 Å². The molecule has 1 aliphatic rings. The van der Waals surface area contributed by atoms with Gasteiger partial charge in [0, 0.05) is 12.5 Å². The summed E-state index contributed by atoms with van der Waals surface area (Å²) in [5.41, 5.74) is 6.70. The third-order valence-corrected chi connectivity index (χ3v) is 4.07. The predicted molar refractivity (Wildman–Crippen MR) is 66.2 cm³/mol. The zero-order valence-electron chi connectivity index (χ0n) is 11.1. The Hall–Kier alpha value is -0.970. The molecule has 1 heterocycles. The molecule has 0 spiro atoms. The minimum atomic E-state index is 0.148. The Bertz CT molecular complexity index is 371. The number of aryl methyl sites for hydroxylation is 1. The molecule has 0 saturated heterocycles. The number of rotatable bonds is 3. The van der Waals surface area contributed by atoms with Crippen LogP contribution in [0, 0.1) is 11.3 Å². The number of hydrogen-bond acceptors (Lipinski definition) is 4. The van der Waals surface area contributed by atoms with Gasteiger partial charge in [-0.1, -0.05) is 26.7 Å². The van der Waals surface area contributed by atoms with Gasteiger partial charge < -0.3 is 5.73 Å². The van der Waals surface area contributed by atoms with Gasteiger partial charge in [0.1, 0.15) is 0 Å². The molecule has 1 saturated carbocycles. The van der Waals surface area contributed by atoms with Crippen LogP contribution < -0.4 is 5.73 Å². The van der Waals surface area contributed by atoms with Crippen LogP contribution in [0.4, 0.5) is 0 Å². The Labute approximate surface area is 103 Å². The summed E-state index contributed by atoms with van der Waals surface area (Å²) >= 11 is 0. The monoisotopic (exact) mass is 237 g/mol. The Morgan fingerprint density at radius 3 is 2.82 bits per heavy atom. The zero-order chi connectivity index (χ0) is 12.5. The van der Waals surface area contributed by atoms with E-state index in [-0.39, 0.29) is 6.04 Å². The number of aromatic nitrogens is 4. The van der Waals surface area contributed by atoms with Crippen molar-refractivity contribution in [3.05, 3.63) is 5.82 Å². The van der Waals surface area contributed by atoms with E-state index < -0.39 is 0 Å². The molecule has 1 aromatic heterocycles. The number of tetrazole rings is 1. The standard InChI is InChI=1S/C12H23N5/c1-12(2)7-5-4-6-9(12)10(13)8-11-14-16-17(3)15-11/h9-10H,4-8,13H2,1-3H3. The molecule has 2 N–H and O–H groups in total. The van der Waals surface area contributed by atoms with Gasteiger partial charge in [0.2, 0.25) is 0 Å². The Kier molecular flexibility index (Phi) is 3.47. The van der Waals surface area contributed by atoms with Crippen LogP contribution >= 0.6 is 0 Å². The molecule has 2 rings (SSSR count). The van der Waals surface area contributed by atoms with Crippen molar-refractivity contribution in [2.24, 2.45) is 24.1 Å². The predicted octanol–water partition coefficient (Wildman–Crippen LogP) is 1.30. The molecular weight excluding hydrogens is 214 g/mol. The molecule has 0 aliphatic heterocycles. The normalized spacial score (nSPS) is 25.8. The van der Waals surface area contributed by atoms with Gasteiger partial charge in [-0.2, -0.15) is 4.80 Å². The van der Waals surface area contributed by atoms with Gasteiger partial charge >= 0.3 is 0 Å². The third-order valence-electron chi connectivity index (χ3n) is 4.07. The maximum atomic E-state index is 6.35. The lowest BCUT2D eigenvalue weighted by Crippen LogP contribution is -2.43. The largest absolute Gasteiger partial charge is 0.327 e. The quantitative estimate of drug-likeness (QED) is 0.860. The van der Waals surface area contributed by atoms with Crippen molar-refractivity contribution in [2.45, 2.75) is 52.0 Å². The van der Waals surface area contributed by atoms with E-state index in [1.165, 1.54) is 30.5 Å². The van der Waals surface area contributed by atoms with Gasteiger partial charge in [0.15, 0.2) is 5.82 Å². The van der Waals surface area contributed by atoms with Crippen LogP contribution in [0.5, 0.6) is 0 Å². The Morgan fingerprint density at radius 2 is 2.24 bits per heavy atom. The van der Waals surface area contributed by atoms with Gasteiger partial charge in [-0.3, -0.25) is 0 Å². The van der Waals surface area contributed by atoms with E-state index in [2.05, 4.69) is 29.3 Å². The van der Waals surface area contributed by atoms with Crippen molar-refractivity contribution in [2.75, 3.05) is 0 Å². The van der Waals surface area contributed by atoms with Crippen molar-refractivity contribution in [1.82, 2.24) is 20.2 Å². The van der Waals surface area contributed by atoms with E-state index in [1.54, 1.807) is 7.05 Å². The lowest BCUT2D eigenvalue weighted by Gasteiger charge is -2.41.